The second-order valence-corrected chi connectivity index (χ2v) is 7.75. The van der Waals surface area contributed by atoms with E-state index in [4.69, 9.17) is 4.74 Å². The Labute approximate surface area is 173 Å². The number of rotatable bonds is 6. The number of hydrogen-bond donors (Lipinski definition) is 1. The molecule has 3 rings (SSSR count). The molecule has 2 aromatic carbocycles. The molecule has 1 amide bonds. The lowest BCUT2D eigenvalue weighted by atomic mass is 10.1. The van der Waals surface area contributed by atoms with Crippen LogP contribution in [0, 0.1) is 20.8 Å². The molecule has 0 saturated carbocycles. The fourth-order valence-corrected chi connectivity index (χ4v) is 3.29. The average molecular weight is 442 g/mol. The highest BCUT2D eigenvalue weighted by Gasteiger charge is 2.17. The summed E-state index contributed by atoms with van der Waals surface area (Å²) in [6.07, 6.45) is 0.261. The molecular weight excluding hydrogens is 418 g/mol. The normalized spacial score (nSPS) is 10.8. The molecule has 0 fully saturated rings. The number of halogens is 1. The number of carbonyl (C=O) groups excluding carboxylic acids is 1. The first kappa shape index (κ1) is 20.1. The number of nitrogens with one attached hydrogen (secondary N) is 1. The Morgan fingerprint density at radius 2 is 1.82 bits per heavy atom. The van der Waals surface area contributed by atoms with Crippen molar-refractivity contribution in [1.82, 2.24) is 9.78 Å². The van der Waals surface area contributed by atoms with Gasteiger partial charge in [0.05, 0.1) is 18.7 Å². The number of carbonyl (C=O) groups is 1. The molecule has 0 radical (unpaired) electrons. The Balaban J connectivity index is 1.67. The zero-order chi connectivity index (χ0) is 20.3. The number of benzene rings is 2. The first-order valence-corrected chi connectivity index (χ1v) is 9.94. The smallest absolute Gasteiger partial charge is 0.228 e. The molecule has 0 spiro atoms. The summed E-state index contributed by atoms with van der Waals surface area (Å²) in [6, 6.07) is 13.9. The number of amides is 1. The standard InChI is InChI=1S/C22H24BrN3O2/c1-14-5-10-19(13-15(14)2)28-12-11-20(27)24-22-21(16(3)25-26(22)4)17-6-8-18(23)9-7-17/h5-10,13H,11-12H2,1-4H3,(H,24,27). The maximum Gasteiger partial charge on any atom is 0.228 e. The van der Waals surface area contributed by atoms with Crippen LogP contribution in [0.25, 0.3) is 11.1 Å². The van der Waals surface area contributed by atoms with E-state index in [-0.39, 0.29) is 12.3 Å². The largest absolute Gasteiger partial charge is 0.493 e. The van der Waals surface area contributed by atoms with E-state index in [2.05, 4.69) is 33.3 Å². The van der Waals surface area contributed by atoms with Crippen molar-refractivity contribution in [3.63, 3.8) is 0 Å². The molecular formula is C22H24BrN3O2. The number of aromatic nitrogens is 2. The molecule has 0 unspecified atom stereocenters. The second-order valence-electron chi connectivity index (χ2n) is 6.83. The van der Waals surface area contributed by atoms with Gasteiger partial charge in [0.25, 0.3) is 0 Å². The molecule has 28 heavy (non-hydrogen) atoms. The van der Waals surface area contributed by atoms with Crippen molar-refractivity contribution in [2.24, 2.45) is 7.05 Å². The average Bonchev–Trinajstić information content (AvgIpc) is 2.92. The van der Waals surface area contributed by atoms with Gasteiger partial charge in [-0.1, -0.05) is 34.1 Å². The molecule has 3 aromatic rings. The molecule has 0 saturated heterocycles. The summed E-state index contributed by atoms with van der Waals surface area (Å²) in [6.45, 7) is 6.36. The monoisotopic (exact) mass is 441 g/mol. The molecule has 1 heterocycles. The summed E-state index contributed by atoms with van der Waals surface area (Å²) in [5.74, 6) is 1.36. The number of ether oxygens (including phenoxy) is 1. The zero-order valence-electron chi connectivity index (χ0n) is 16.5. The second kappa shape index (κ2) is 8.61. The van der Waals surface area contributed by atoms with E-state index in [0.29, 0.717) is 12.4 Å². The summed E-state index contributed by atoms with van der Waals surface area (Å²) >= 11 is 3.45. The third-order valence-electron chi connectivity index (χ3n) is 4.69. The fourth-order valence-electron chi connectivity index (χ4n) is 3.02. The van der Waals surface area contributed by atoms with Crippen LogP contribution in [0.2, 0.25) is 0 Å². The Bertz CT molecular complexity index is 994. The van der Waals surface area contributed by atoms with Gasteiger partial charge in [0.2, 0.25) is 5.91 Å². The van der Waals surface area contributed by atoms with Crippen LogP contribution in [0.4, 0.5) is 5.82 Å². The van der Waals surface area contributed by atoms with E-state index < -0.39 is 0 Å². The highest BCUT2D eigenvalue weighted by molar-refractivity contribution is 9.10. The first-order valence-electron chi connectivity index (χ1n) is 9.14. The predicted molar refractivity (Wildman–Crippen MR) is 116 cm³/mol. The van der Waals surface area contributed by atoms with Gasteiger partial charge < -0.3 is 10.1 Å². The molecule has 6 heteroatoms. The fraction of sp³-hybridized carbons (Fsp3) is 0.273. The van der Waals surface area contributed by atoms with Gasteiger partial charge in [0.1, 0.15) is 11.6 Å². The number of nitrogens with zero attached hydrogens (tertiary/aromatic N) is 2. The topological polar surface area (TPSA) is 56.1 Å². The summed E-state index contributed by atoms with van der Waals surface area (Å²) < 4.78 is 8.43. The van der Waals surface area contributed by atoms with Crippen LogP contribution in [0.1, 0.15) is 23.2 Å². The van der Waals surface area contributed by atoms with Crippen molar-refractivity contribution >= 4 is 27.7 Å². The van der Waals surface area contributed by atoms with Crippen LogP contribution < -0.4 is 10.1 Å². The summed E-state index contributed by atoms with van der Waals surface area (Å²) in [7, 11) is 1.83. The summed E-state index contributed by atoms with van der Waals surface area (Å²) in [4.78, 5) is 12.5. The highest BCUT2D eigenvalue weighted by Crippen LogP contribution is 2.32. The van der Waals surface area contributed by atoms with Crippen LogP contribution in [0.15, 0.2) is 46.9 Å². The van der Waals surface area contributed by atoms with Gasteiger partial charge in [-0.3, -0.25) is 9.48 Å². The summed E-state index contributed by atoms with van der Waals surface area (Å²) in [5.41, 5.74) is 5.20. The maximum atomic E-state index is 12.5. The number of anilines is 1. The van der Waals surface area contributed by atoms with Gasteiger partial charge in [-0.25, -0.2) is 0 Å². The zero-order valence-corrected chi connectivity index (χ0v) is 18.1. The van der Waals surface area contributed by atoms with Gasteiger partial charge in [-0.05, 0) is 61.7 Å². The van der Waals surface area contributed by atoms with Gasteiger partial charge >= 0.3 is 0 Å². The Hall–Kier alpha value is -2.60. The Morgan fingerprint density at radius 1 is 1.11 bits per heavy atom. The number of hydrogen-bond acceptors (Lipinski definition) is 3. The van der Waals surface area contributed by atoms with Crippen LogP contribution in [-0.2, 0) is 11.8 Å². The third-order valence-corrected chi connectivity index (χ3v) is 5.22. The lowest BCUT2D eigenvalue weighted by molar-refractivity contribution is -0.116. The minimum atomic E-state index is -0.106. The van der Waals surface area contributed by atoms with Crippen molar-refractivity contribution < 1.29 is 9.53 Å². The van der Waals surface area contributed by atoms with E-state index in [1.807, 2.05) is 63.4 Å². The van der Waals surface area contributed by atoms with Gasteiger partial charge in [-0.2, -0.15) is 5.10 Å². The molecule has 0 atom stereocenters. The van der Waals surface area contributed by atoms with E-state index in [9.17, 15) is 4.79 Å². The third kappa shape index (κ3) is 4.62. The van der Waals surface area contributed by atoms with E-state index in [1.165, 1.54) is 11.1 Å². The molecule has 146 valence electrons. The maximum absolute atomic E-state index is 12.5. The van der Waals surface area contributed by atoms with Crippen molar-refractivity contribution in [1.29, 1.82) is 0 Å². The van der Waals surface area contributed by atoms with Crippen LogP contribution in [-0.4, -0.2) is 22.3 Å². The van der Waals surface area contributed by atoms with Crippen molar-refractivity contribution in [2.75, 3.05) is 11.9 Å². The van der Waals surface area contributed by atoms with Gasteiger partial charge in [-0.15, -0.1) is 0 Å². The van der Waals surface area contributed by atoms with Crippen LogP contribution >= 0.6 is 15.9 Å². The quantitative estimate of drug-likeness (QED) is 0.572. The van der Waals surface area contributed by atoms with Crippen LogP contribution in [0.3, 0.4) is 0 Å². The highest BCUT2D eigenvalue weighted by atomic mass is 79.9. The molecule has 1 aromatic heterocycles. The minimum absolute atomic E-state index is 0.106. The molecule has 0 aliphatic heterocycles. The molecule has 1 N–H and O–H groups in total. The summed E-state index contributed by atoms with van der Waals surface area (Å²) in [5, 5.41) is 7.46. The number of aryl methyl sites for hydroxylation is 4. The van der Waals surface area contributed by atoms with Gasteiger partial charge in [0.15, 0.2) is 0 Å². The van der Waals surface area contributed by atoms with E-state index in [1.54, 1.807) is 4.68 Å². The SMILES string of the molecule is Cc1ccc(OCCC(=O)Nc2c(-c3ccc(Br)cc3)c(C)nn2C)cc1C. The van der Waals surface area contributed by atoms with Crippen molar-refractivity contribution in [3.8, 4) is 16.9 Å². The molecule has 5 nitrogen and oxygen atoms in total. The molecule has 0 aliphatic carbocycles. The Kier molecular flexibility index (Phi) is 6.19. The first-order chi connectivity index (χ1) is 13.3. The predicted octanol–water partition coefficient (Wildman–Crippen LogP) is 5.18. The minimum Gasteiger partial charge on any atom is -0.493 e. The Morgan fingerprint density at radius 3 is 2.50 bits per heavy atom. The van der Waals surface area contributed by atoms with E-state index >= 15 is 0 Å². The lowest BCUT2D eigenvalue weighted by Crippen LogP contribution is -2.17. The van der Waals surface area contributed by atoms with Crippen molar-refractivity contribution in [2.45, 2.75) is 27.2 Å². The molecule has 0 aliphatic rings. The lowest BCUT2D eigenvalue weighted by Gasteiger charge is -2.11. The molecule has 0 bridgehead atoms. The van der Waals surface area contributed by atoms with E-state index in [0.717, 1.165) is 27.0 Å². The van der Waals surface area contributed by atoms with Crippen LogP contribution in [0.5, 0.6) is 5.75 Å². The van der Waals surface area contributed by atoms with Crippen molar-refractivity contribution in [3.05, 3.63) is 63.8 Å². The van der Waals surface area contributed by atoms with Gasteiger partial charge in [0, 0.05) is 17.1 Å².